The van der Waals surface area contributed by atoms with Gasteiger partial charge < -0.3 is 15.3 Å². The van der Waals surface area contributed by atoms with Gasteiger partial charge in [0.1, 0.15) is 0 Å². The normalized spacial score (nSPS) is 20.6. The minimum Gasteiger partial charge on any atom is -0.396 e. The number of rotatable bonds is 5. The van der Waals surface area contributed by atoms with Gasteiger partial charge in [0, 0.05) is 36.9 Å². The van der Waals surface area contributed by atoms with E-state index in [2.05, 4.69) is 12.2 Å². The Hall–Kier alpha value is -1.88. The molecule has 1 aromatic carbocycles. The molecule has 0 aromatic heterocycles. The first kappa shape index (κ1) is 19.4. The Morgan fingerprint density at radius 2 is 2.04 bits per heavy atom. The maximum atomic E-state index is 12.9. The van der Waals surface area contributed by atoms with E-state index in [-0.39, 0.29) is 30.4 Å². The largest absolute Gasteiger partial charge is 0.396 e. The first-order valence-corrected chi connectivity index (χ1v) is 9.14. The van der Waals surface area contributed by atoms with Gasteiger partial charge in [-0.3, -0.25) is 9.59 Å². The van der Waals surface area contributed by atoms with Gasteiger partial charge in [-0.2, -0.15) is 0 Å². The zero-order valence-corrected chi connectivity index (χ0v) is 15.7. The van der Waals surface area contributed by atoms with Gasteiger partial charge in [-0.05, 0) is 62.3 Å². The Kier molecular flexibility index (Phi) is 6.59. The molecule has 2 N–H and O–H groups in total. The molecular formula is C20H30N2O3. The van der Waals surface area contributed by atoms with E-state index in [4.69, 9.17) is 0 Å². The third-order valence-corrected chi connectivity index (χ3v) is 4.84. The molecule has 25 heavy (non-hydrogen) atoms. The summed E-state index contributed by atoms with van der Waals surface area (Å²) in [5, 5.41) is 12.3. The lowest BCUT2D eigenvalue weighted by Gasteiger charge is -2.37. The van der Waals surface area contributed by atoms with Crippen LogP contribution in [0.1, 0.15) is 56.0 Å². The molecule has 2 amide bonds. The van der Waals surface area contributed by atoms with Crippen LogP contribution in [0.5, 0.6) is 0 Å². The molecule has 1 heterocycles. The Morgan fingerprint density at radius 3 is 2.64 bits per heavy atom. The van der Waals surface area contributed by atoms with Crippen LogP contribution in [0, 0.1) is 18.8 Å². The monoisotopic (exact) mass is 346 g/mol. The smallest absolute Gasteiger partial charge is 0.254 e. The van der Waals surface area contributed by atoms with E-state index in [1.54, 1.807) is 12.1 Å². The molecule has 138 valence electrons. The van der Waals surface area contributed by atoms with Crippen LogP contribution in [0.2, 0.25) is 0 Å². The number of likely N-dealkylation sites (tertiary alicyclic amines) is 1. The third-order valence-electron chi connectivity index (χ3n) is 4.84. The lowest BCUT2D eigenvalue weighted by molar-refractivity contribution is -0.116. The molecule has 1 aliphatic heterocycles. The van der Waals surface area contributed by atoms with Gasteiger partial charge in [-0.1, -0.05) is 13.8 Å². The number of nitrogens with one attached hydrogen (secondary N) is 1. The quantitative estimate of drug-likeness (QED) is 0.860. The molecule has 5 heteroatoms. The molecule has 0 spiro atoms. The Labute approximate surface area is 150 Å². The summed E-state index contributed by atoms with van der Waals surface area (Å²) in [7, 11) is 0. The van der Waals surface area contributed by atoms with Crippen molar-refractivity contribution in [3.8, 4) is 0 Å². The standard InChI is InChI=1S/C20H30N2O3/c1-13(2)9-19(24)21-18-8-7-17(10-14(18)3)20(25)22-11-16(12-23)6-5-15(22)4/h7-8,10,13,15-16,23H,5-6,9,11-12H2,1-4H3,(H,21,24). The third kappa shape index (κ3) is 5.05. The van der Waals surface area contributed by atoms with Crippen molar-refractivity contribution >= 4 is 17.5 Å². The summed E-state index contributed by atoms with van der Waals surface area (Å²) in [6, 6.07) is 5.60. The fraction of sp³-hybridized carbons (Fsp3) is 0.600. The van der Waals surface area contributed by atoms with E-state index in [1.165, 1.54) is 0 Å². The average molecular weight is 346 g/mol. The summed E-state index contributed by atoms with van der Waals surface area (Å²) < 4.78 is 0. The number of carbonyl (C=O) groups is 2. The molecule has 0 radical (unpaired) electrons. The van der Waals surface area contributed by atoms with Crippen molar-refractivity contribution in [2.24, 2.45) is 11.8 Å². The highest BCUT2D eigenvalue weighted by Gasteiger charge is 2.29. The highest BCUT2D eigenvalue weighted by molar-refractivity contribution is 5.96. The van der Waals surface area contributed by atoms with Crippen molar-refractivity contribution in [2.75, 3.05) is 18.5 Å². The number of benzene rings is 1. The van der Waals surface area contributed by atoms with Crippen LogP contribution in [0.15, 0.2) is 18.2 Å². The van der Waals surface area contributed by atoms with E-state index in [1.807, 2.05) is 31.7 Å². The lowest BCUT2D eigenvalue weighted by atomic mass is 9.93. The molecule has 0 bridgehead atoms. The van der Waals surface area contributed by atoms with Gasteiger partial charge in [0.15, 0.2) is 0 Å². The SMILES string of the molecule is Cc1cc(C(=O)N2CC(CO)CCC2C)ccc1NC(=O)CC(C)C. The minimum atomic E-state index is -0.00684. The summed E-state index contributed by atoms with van der Waals surface area (Å²) in [5.41, 5.74) is 2.26. The zero-order valence-electron chi connectivity index (χ0n) is 15.7. The molecule has 2 unspecified atom stereocenters. The van der Waals surface area contributed by atoms with E-state index in [0.29, 0.717) is 24.4 Å². The maximum absolute atomic E-state index is 12.9. The fourth-order valence-corrected chi connectivity index (χ4v) is 3.29. The van der Waals surface area contributed by atoms with Crippen LogP contribution in [0.25, 0.3) is 0 Å². The number of hydrogen-bond donors (Lipinski definition) is 2. The van der Waals surface area contributed by atoms with Gasteiger partial charge >= 0.3 is 0 Å². The maximum Gasteiger partial charge on any atom is 0.254 e. The number of carbonyl (C=O) groups excluding carboxylic acids is 2. The first-order chi connectivity index (χ1) is 11.8. The topological polar surface area (TPSA) is 69.6 Å². The molecule has 1 saturated heterocycles. The van der Waals surface area contributed by atoms with Crippen LogP contribution in [0.3, 0.4) is 0 Å². The van der Waals surface area contributed by atoms with Gasteiger partial charge in [-0.25, -0.2) is 0 Å². The van der Waals surface area contributed by atoms with Gasteiger partial charge in [0.2, 0.25) is 5.91 Å². The Balaban J connectivity index is 2.10. The zero-order chi connectivity index (χ0) is 18.6. The van der Waals surface area contributed by atoms with Crippen molar-refractivity contribution in [2.45, 2.75) is 53.0 Å². The van der Waals surface area contributed by atoms with Gasteiger partial charge in [0.25, 0.3) is 5.91 Å². The summed E-state index contributed by atoms with van der Waals surface area (Å²) in [6.07, 6.45) is 2.36. The molecular weight excluding hydrogens is 316 g/mol. The molecule has 1 aromatic rings. The number of amides is 2. The number of aliphatic hydroxyl groups excluding tert-OH is 1. The number of nitrogens with zero attached hydrogens (tertiary/aromatic N) is 1. The second-order valence-corrected chi connectivity index (χ2v) is 7.61. The van der Waals surface area contributed by atoms with Crippen LogP contribution >= 0.6 is 0 Å². The van der Waals surface area contributed by atoms with E-state index >= 15 is 0 Å². The molecule has 2 rings (SSSR count). The minimum absolute atomic E-state index is 0.00573. The molecule has 0 saturated carbocycles. The van der Waals surface area contributed by atoms with Crippen molar-refractivity contribution in [3.63, 3.8) is 0 Å². The predicted octanol–water partition coefficient (Wildman–Crippen LogP) is 3.21. The first-order valence-electron chi connectivity index (χ1n) is 9.14. The molecule has 2 atom stereocenters. The van der Waals surface area contributed by atoms with E-state index < -0.39 is 0 Å². The Bertz CT molecular complexity index is 627. The predicted molar refractivity (Wildman–Crippen MR) is 99.6 cm³/mol. The average Bonchev–Trinajstić information content (AvgIpc) is 2.56. The van der Waals surface area contributed by atoms with Gasteiger partial charge in [0.05, 0.1) is 0 Å². The highest BCUT2D eigenvalue weighted by atomic mass is 16.3. The van der Waals surface area contributed by atoms with Crippen LogP contribution in [-0.4, -0.2) is 41.0 Å². The fourth-order valence-electron chi connectivity index (χ4n) is 3.29. The van der Waals surface area contributed by atoms with E-state index in [9.17, 15) is 14.7 Å². The molecule has 0 aliphatic carbocycles. The summed E-state index contributed by atoms with van der Waals surface area (Å²) in [6.45, 7) is 8.69. The molecule has 1 fully saturated rings. The Morgan fingerprint density at radius 1 is 1.32 bits per heavy atom. The number of hydrogen-bond acceptors (Lipinski definition) is 3. The number of aliphatic hydroxyl groups is 1. The molecule has 1 aliphatic rings. The summed E-state index contributed by atoms with van der Waals surface area (Å²) >= 11 is 0. The number of anilines is 1. The second-order valence-electron chi connectivity index (χ2n) is 7.61. The van der Waals surface area contributed by atoms with Crippen molar-refractivity contribution in [3.05, 3.63) is 29.3 Å². The lowest BCUT2D eigenvalue weighted by Crippen LogP contribution is -2.46. The van der Waals surface area contributed by atoms with E-state index in [0.717, 1.165) is 24.1 Å². The molecule has 5 nitrogen and oxygen atoms in total. The summed E-state index contributed by atoms with van der Waals surface area (Å²) in [5.74, 6) is 0.457. The van der Waals surface area contributed by atoms with Gasteiger partial charge in [-0.15, -0.1) is 0 Å². The van der Waals surface area contributed by atoms with Crippen LogP contribution in [0.4, 0.5) is 5.69 Å². The van der Waals surface area contributed by atoms with Crippen molar-refractivity contribution in [1.29, 1.82) is 0 Å². The second kappa shape index (κ2) is 8.48. The summed E-state index contributed by atoms with van der Waals surface area (Å²) in [4.78, 5) is 26.7. The number of aryl methyl sites for hydroxylation is 1. The van der Waals surface area contributed by atoms with Crippen molar-refractivity contribution < 1.29 is 14.7 Å². The highest BCUT2D eigenvalue weighted by Crippen LogP contribution is 2.25. The van der Waals surface area contributed by atoms with Crippen molar-refractivity contribution in [1.82, 2.24) is 4.90 Å². The van der Waals surface area contributed by atoms with Crippen LogP contribution in [-0.2, 0) is 4.79 Å². The number of piperidine rings is 1. The van der Waals surface area contributed by atoms with Crippen LogP contribution < -0.4 is 5.32 Å².